The van der Waals surface area contributed by atoms with Gasteiger partial charge in [0.1, 0.15) is 0 Å². The predicted octanol–water partition coefficient (Wildman–Crippen LogP) is 1.26. The Morgan fingerprint density at radius 1 is 1.29 bits per heavy atom. The van der Waals surface area contributed by atoms with Crippen LogP contribution in [-0.2, 0) is 9.53 Å². The molecule has 0 radical (unpaired) electrons. The Morgan fingerprint density at radius 2 is 2.05 bits per heavy atom. The van der Waals surface area contributed by atoms with Gasteiger partial charge in [-0.1, -0.05) is 11.6 Å². The number of carbonyl (C=O) groups excluding carboxylic acids is 2. The maximum absolute atomic E-state index is 12.1. The molecule has 0 saturated carbocycles. The molecule has 116 valence electrons. The number of halogens is 1. The zero-order chi connectivity index (χ0) is 15.7. The molecule has 0 saturated heterocycles. The molecule has 21 heavy (non-hydrogen) atoms. The summed E-state index contributed by atoms with van der Waals surface area (Å²) in [6.45, 7) is 3.35. The molecule has 0 aromatic heterocycles. The zero-order valence-corrected chi connectivity index (χ0v) is 12.9. The molecule has 3 N–H and O–H groups in total. The van der Waals surface area contributed by atoms with Crippen molar-refractivity contribution >= 4 is 29.1 Å². The highest BCUT2D eigenvalue weighted by atomic mass is 35.5. The fourth-order valence-corrected chi connectivity index (χ4v) is 1.83. The lowest BCUT2D eigenvalue weighted by atomic mass is 10.1. The van der Waals surface area contributed by atoms with Gasteiger partial charge >= 0.3 is 0 Å². The molecule has 0 atom stereocenters. The Morgan fingerprint density at radius 3 is 2.71 bits per heavy atom. The van der Waals surface area contributed by atoms with Gasteiger partial charge in [0.25, 0.3) is 5.91 Å². The van der Waals surface area contributed by atoms with Crippen LogP contribution < -0.4 is 16.0 Å². The number of carbonyl (C=O) groups is 2. The summed E-state index contributed by atoms with van der Waals surface area (Å²) in [6.07, 6.45) is 0. The highest BCUT2D eigenvalue weighted by Crippen LogP contribution is 2.20. The van der Waals surface area contributed by atoms with Crippen LogP contribution in [0.25, 0.3) is 0 Å². The van der Waals surface area contributed by atoms with Crippen LogP contribution in [0.3, 0.4) is 0 Å². The molecule has 7 heteroatoms. The highest BCUT2D eigenvalue weighted by molar-refractivity contribution is 6.31. The molecule has 2 amide bonds. The number of anilines is 1. The van der Waals surface area contributed by atoms with Gasteiger partial charge < -0.3 is 20.7 Å². The van der Waals surface area contributed by atoms with E-state index in [2.05, 4.69) is 16.0 Å². The van der Waals surface area contributed by atoms with Crippen molar-refractivity contribution in [3.63, 3.8) is 0 Å². The quantitative estimate of drug-likeness (QED) is 0.631. The number of nitrogens with one attached hydrogen (secondary N) is 3. The molecule has 0 aliphatic rings. The number of amides is 2. The van der Waals surface area contributed by atoms with Crippen LogP contribution in [0.15, 0.2) is 18.2 Å². The topological polar surface area (TPSA) is 79.5 Å². The molecule has 1 aromatic rings. The Bertz CT molecular complexity index is 494. The third kappa shape index (κ3) is 6.01. The van der Waals surface area contributed by atoms with Crippen molar-refractivity contribution in [3.8, 4) is 0 Å². The van der Waals surface area contributed by atoms with Crippen LogP contribution >= 0.6 is 11.6 Å². The summed E-state index contributed by atoms with van der Waals surface area (Å²) in [4.78, 5) is 23.6. The number of hydrogen-bond acceptors (Lipinski definition) is 4. The summed E-state index contributed by atoms with van der Waals surface area (Å²) in [6, 6.07) is 5.00. The van der Waals surface area contributed by atoms with Gasteiger partial charge in [0.05, 0.1) is 18.7 Å². The van der Waals surface area contributed by atoms with Crippen LogP contribution in [0.2, 0.25) is 5.02 Å². The van der Waals surface area contributed by atoms with Crippen LogP contribution in [0, 0.1) is 0 Å². The second kappa shape index (κ2) is 9.20. The van der Waals surface area contributed by atoms with Gasteiger partial charge in [0.2, 0.25) is 5.91 Å². The Hall–Kier alpha value is -1.79. The van der Waals surface area contributed by atoms with Crippen molar-refractivity contribution in [2.45, 2.75) is 6.92 Å². The molecule has 0 unspecified atom stereocenters. The number of hydrogen-bond donors (Lipinski definition) is 3. The van der Waals surface area contributed by atoms with Crippen LogP contribution in [0.1, 0.15) is 17.3 Å². The van der Waals surface area contributed by atoms with Gasteiger partial charge in [-0.2, -0.15) is 0 Å². The molecule has 0 fully saturated rings. The molecule has 0 bridgehead atoms. The van der Waals surface area contributed by atoms with Gasteiger partial charge in [-0.25, -0.2) is 0 Å². The number of rotatable bonds is 8. The average Bonchev–Trinajstić information content (AvgIpc) is 2.47. The van der Waals surface area contributed by atoms with E-state index < -0.39 is 0 Å². The van der Waals surface area contributed by atoms with Crippen LogP contribution in [0.5, 0.6) is 0 Å². The first-order chi connectivity index (χ1) is 10.1. The van der Waals surface area contributed by atoms with E-state index in [1.54, 1.807) is 25.3 Å². The summed E-state index contributed by atoms with van der Waals surface area (Å²) in [5.41, 5.74) is 1.09. The lowest BCUT2D eigenvalue weighted by Gasteiger charge is -2.11. The average molecular weight is 314 g/mol. The van der Waals surface area contributed by atoms with Gasteiger partial charge in [-0.3, -0.25) is 9.59 Å². The first-order valence-electron chi connectivity index (χ1n) is 6.65. The minimum atomic E-state index is -0.352. The normalized spacial score (nSPS) is 10.0. The smallest absolute Gasteiger partial charge is 0.253 e. The minimum Gasteiger partial charge on any atom is -0.385 e. The highest BCUT2D eigenvalue weighted by Gasteiger charge is 2.12. The SMILES string of the molecule is CCNc1ccc(Cl)cc1C(=O)NCC(=O)NCCOC. The summed E-state index contributed by atoms with van der Waals surface area (Å²) < 4.78 is 4.82. The molecule has 1 rings (SSSR count). The van der Waals surface area contributed by atoms with Crippen molar-refractivity contribution in [1.29, 1.82) is 0 Å². The molecular formula is C14H20ClN3O3. The largest absolute Gasteiger partial charge is 0.385 e. The summed E-state index contributed by atoms with van der Waals surface area (Å²) >= 11 is 5.91. The maximum atomic E-state index is 12.1. The number of ether oxygens (including phenoxy) is 1. The number of methoxy groups -OCH3 is 1. The monoisotopic (exact) mass is 313 g/mol. The van der Waals surface area contributed by atoms with E-state index >= 15 is 0 Å². The Kier molecular flexibility index (Phi) is 7.56. The van der Waals surface area contributed by atoms with Gasteiger partial charge in [-0.05, 0) is 25.1 Å². The second-order valence-corrected chi connectivity index (χ2v) is 4.68. The third-order valence-corrected chi connectivity index (χ3v) is 2.87. The van der Waals surface area contributed by atoms with E-state index in [1.807, 2.05) is 6.92 Å². The first kappa shape index (κ1) is 17.3. The zero-order valence-electron chi connectivity index (χ0n) is 12.2. The van der Waals surface area contributed by atoms with E-state index in [4.69, 9.17) is 16.3 Å². The van der Waals surface area contributed by atoms with Crippen molar-refractivity contribution < 1.29 is 14.3 Å². The standard InChI is InChI=1S/C14H20ClN3O3/c1-3-16-12-5-4-10(15)8-11(12)14(20)18-9-13(19)17-6-7-21-2/h4-5,8,16H,3,6-7,9H2,1-2H3,(H,17,19)(H,18,20). The molecule has 1 aromatic carbocycles. The molecule has 0 heterocycles. The van der Waals surface area contributed by atoms with Gasteiger partial charge in [0.15, 0.2) is 0 Å². The molecule has 0 aliphatic carbocycles. The fraction of sp³-hybridized carbons (Fsp3) is 0.429. The van der Waals surface area contributed by atoms with Crippen LogP contribution in [0.4, 0.5) is 5.69 Å². The van der Waals surface area contributed by atoms with Crippen molar-refractivity contribution in [3.05, 3.63) is 28.8 Å². The van der Waals surface area contributed by atoms with E-state index in [0.717, 1.165) is 0 Å². The maximum Gasteiger partial charge on any atom is 0.253 e. The number of benzene rings is 1. The first-order valence-corrected chi connectivity index (χ1v) is 7.03. The molecular weight excluding hydrogens is 294 g/mol. The second-order valence-electron chi connectivity index (χ2n) is 4.25. The van der Waals surface area contributed by atoms with Crippen molar-refractivity contribution in [2.24, 2.45) is 0 Å². The van der Waals surface area contributed by atoms with Gasteiger partial charge in [-0.15, -0.1) is 0 Å². The molecule has 6 nitrogen and oxygen atoms in total. The predicted molar refractivity (Wildman–Crippen MR) is 82.8 cm³/mol. The van der Waals surface area contributed by atoms with E-state index in [0.29, 0.717) is 36.0 Å². The third-order valence-electron chi connectivity index (χ3n) is 2.63. The van der Waals surface area contributed by atoms with Crippen LogP contribution in [-0.4, -0.2) is 45.2 Å². The lowest BCUT2D eigenvalue weighted by molar-refractivity contribution is -0.120. The summed E-state index contributed by atoms with van der Waals surface area (Å²) in [7, 11) is 1.55. The lowest BCUT2D eigenvalue weighted by Crippen LogP contribution is -2.38. The van der Waals surface area contributed by atoms with E-state index in [1.165, 1.54) is 0 Å². The summed E-state index contributed by atoms with van der Waals surface area (Å²) in [5.74, 6) is -0.622. The molecule has 0 spiro atoms. The minimum absolute atomic E-state index is 0.0966. The van der Waals surface area contributed by atoms with Gasteiger partial charge in [0, 0.05) is 30.9 Å². The van der Waals surface area contributed by atoms with E-state index in [9.17, 15) is 9.59 Å². The van der Waals surface area contributed by atoms with Crippen molar-refractivity contribution in [1.82, 2.24) is 10.6 Å². The molecule has 0 aliphatic heterocycles. The van der Waals surface area contributed by atoms with E-state index in [-0.39, 0.29) is 18.4 Å². The fourth-order valence-electron chi connectivity index (χ4n) is 1.66. The van der Waals surface area contributed by atoms with Crippen molar-refractivity contribution in [2.75, 3.05) is 38.7 Å². The Balaban J connectivity index is 2.58. The Labute approximate surface area is 129 Å². The summed E-state index contributed by atoms with van der Waals surface area (Å²) in [5, 5.41) is 8.72.